The summed E-state index contributed by atoms with van der Waals surface area (Å²) in [5.41, 5.74) is 5.92. The van der Waals surface area contributed by atoms with Crippen LogP contribution in [0.3, 0.4) is 0 Å². The summed E-state index contributed by atoms with van der Waals surface area (Å²) in [6.45, 7) is 9.25. The molecule has 2 aromatic carbocycles. The highest BCUT2D eigenvalue weighted by Crippen LogP contribution is 2.14. The lowest BCUT2D eigenvalue weighted by molar-refractivity contribution is 0.657. The Hall–Kier alpha value is -2.35. The van der Waals surface area contributed by atoms with E-state index in [1.165, 1.54) is 22.4 Å². The summed E-state index contributed by atoms with van der Waals surface area (Å²) < 4.78 is 2.08. The first-order valence-corrected chi connectivity index (χ1v) is 9.80. The lowest BCUT2D eigenvalue weighted by Gasteiger charge is -2.12. The van der Waals surface area contributed by atoms with E-state index in [2.05, 4.69) is 72.5 Å². The molecule has 0 aliphatic heterocycles. The number of rotatable bonds is 7. The Morgan fingerprint density at radius 3 is 2.17 bits per heavy atom. The Kier molecular flexibility index (Phi) is 9.18. The second-order valence-electron chi connectivity index (χ2n) is 6.83. The van der Waals surface area contributed by atoms with Crippen LogP contribution in [0, 0.1) is 13.8 Å². The number of aromatic nitrogens is 2. The Labute approximate surface area is 190 Å². The first-order chi connectivity index (χ1) is 13.7. The van der Waals surface area contributed by atoms with Crippen LogP contribution in [-0.2, 0) is 19.6 Å². The van der Waals surface area contributed by atoms with Gasteiger partial charge in [0.15, 0.2) is 5.96 Å². The normalized spacial score (nSPS) is 11.1. The molecular weight excluding hydrogens is 473 g/mol. The van der Waals surface area contributed by atoms with Gasteiger partial charge in [-0.2, -0.15) is 5.10 Å². The Morgan fingerprint density at radius 2 is 1.55 bits per heavy atom. The van der Waals surface area contributed by atoms with E-state index in [0.717, 1.165) is 24.7 Å². The molecule has 0 aliphatic rings. The number of benzene rings is 2. The second-order valence-corrected chi connectivity index (χ2v) is 6.83. The van der Waals surface area contributed by atoms with Crippen molar-refractivity contribution in [3.63, 3.8) is 0 Å². The molecule has 2 N–H and O–H groups in total. The summed E-state index contributed by atoms with van der Waals surface area (Å²) >= 11 is 0. The number of hydrogen-bond acceptors (Lipinski definition) is 2. The molecule has 0 unspecified atom stereocenters. The lowest BCUT2D eigenvalue weighted by Crippen LogP contribution is -2.37. The average molecular weight is 503 g/mol. The first-order valence-electron chi connectivity index (χ1n) is 9.80. The van der Waals surface area contributed by atoms with E-state index in [-0.39, 0.29) is 24.0 Å². The zero-order valence-electron chi connectivity index (χ0n) is 17.4. The van der Waals surface area contributed by atoms with Crippen LogP contribution >= 0.6 is 24.0 Å². The molecule has 0 bridgehead atoms. The predicted molar refractivity (Wildman–Crippen MR) is 131 cm³/mol. The number of nitrogens with zero attached hydrogens (tertiary/aromatic N) is 3. The second kappa shape index (κ2) is 11.6. The van der Waals surface area contributed by atoms with Crippen LogP contribution < -0.4 is 10.6 Å². The molecule has 0 amide bonds. The Bertz CT molecular complexity index is 904. The van der Waals surface area contributed by atoms with E-state index in [1.54, 1.807) is 0 Å². The van der Waals surface area contributed by atoms with Crippen LogP contribution in [0.25, 0.3) is 0 Å². The maximum atomic E-state index is 4.74. The number of nitrogens with one attached hydrogen (secondary N) is 2. The standard InChI is InChI=1S/C23H29N5.HI/c1-4-24-23(25-15-20-11-7-5-8-12-20)26-16-22-18(2)27-28(19(22)3)17-21-13-9-6-10-14-21;/h5-14H,4,15-17H2,1-3H3,(H2,24,25,26);1H. The van der Waals surface area contributed by atoms with Crippen LogP contribution in [0.15, 0.2) is 65.7 Å². The molecule has 0 fully saturated rings. The molecule has 0 radical (unpaired) electrons. The fourth-order valence-electron chi connectivity index (χ4n) is 3.17. The molecule has 0 spiro atoms. The molecule has 0 saturated heterocycles. The smallest absolute Gasteiger partial charge is 0.191 e. The summed E-state index contributed by atoms with van der Waals surface area (Å²) in [5, 5.41) is 11.5. The van der Waals surface area contributed by atoms with E-state index in [0.29, 0.717) is 13.1 Å². The van der Waals surface area contributed by atoms with Crippen molar-refractivity contribution >= 4 is 29.9 Å². The number of guanidine groups is 1. The highest BCUT2D eigenvalue weighted by Gasteiger charge is 2.12. The first kappa shape index (κ1) is 22.9. The SMILES string of the molecule is CCNC(=NCc1ccccc1)NCc1c(C)nn(Cc2ccccc2)c1C.I. The fourth-order valence-corrected chi connectivity index (χ4v) is 3.17. The summed E-state index contributed by atoms with van der Waals surface area (Å²) in [6.07, 6.45) is 0. The van der Waals surface area contributed by atoms with Crippen molar-refractivity contribution in [2.75, 3.05) is 6.54 Å². The zero-order chi connectivity index (χ0) is 19.8. The maximum Gasteiger partial charge on any atom is 0.191 e. The van der Waals surface area contributed by atoms with Gasteiger partial charge >= 0.3 is 0 Å². The van der Waals surface area contributed by atoms with Crippen LogP contribution in [-0.4, -0.2) is 22.3 Å². The summed E-state index contributed by atoms with van der Waals surface area (Å²) in [7, 11) is 0. The molecule has 5 nitrogen and oxygen atoms in total. The summed E-state index contributed by atoms with van der Waals surface area (Å²) in [4.78, 5) is 4.70. The third kappa shape index (κ3) is 6.59. The Balaban J connectivity index is 0.00000300. The minimum atomic E-state index is 0. The average Bonchev–Trinajstić information content (AvgIpc) is 2.98. The van der Waals surface area contributed by atoms with Crippen molar-refractivity contribution in [3.05, 3.63) is 88.7 Å². The third-order valence-electron chi connectivity index (χ3n) is 4.75. The highest BCUT2D eigenvalue weighted by atomic mass is 127. The van der Waals surface area contributed by atoms with Gasteiger partial charge in [0.25, 0.3) is 0 Å². The van der Waals surface area contributed by atoms with Gasteiger partial charge in [0, 0.05) is 24.3 Å². The van der Waals surface area contributed by atoms with Crippen LogP contribution in [0.4, 0.5) is 0 Å². The van der Waals surface area contributed by atoms with Crippen molar-refractivity contribution in [3.8, 4) is 0 Å². The highest BCUT2D eigenvalue weighted by molar-refractivity contribution is 14.0. The van der Waals surface area contributed by atoms with Crippen molar-refractivity contribution in [1.29, 1.82) is 0 Å². The maximum absolute atomic E-state index is 4.74. The van der Waals surface area contributed by atoms with Gasteiger partial charge in [-0.15, -0.1) is 24.0 Å². The molecule has 1 heterocycles. The van der Waals surface area contributed by atoms with Gasteiger partial charge in [0.05, 0.1) is 18.8 Å². The number of aryl methyl sites for hydroxylation is 1. The van der Waals surface area contributed by atoms with Crippen molar-refractivity contribution in [2.24, 2.45) is 4.99 Å². The van der Waals surface area contributed by atoms with Crippen molar-refractivity contribution < 1.29 is 0 Å². The molecule has 3 aromatic rings. The predicted octanol–water partition coefficient (Wildman–Crippen LogP) is 4.42. The number of aliphatic imine (C=N–C) groups is 1. The monoisotopic (exact) mass is 503 g/mol. The van der Waals surface area contributed by atoms with Gasteiger partial charge in [0.1, 0.15) is 0 Å². The van der Waals surface area contributed by atoms with Crippen LogP contribution in [0.5, 0.6) is 0 Å². The molecule has 154 valence electrons. The van der Waals surface area contributed by atoms with Gasteiger partial charge in [-0.3, -0.25) is 4.68 Å². The molecule has 0 atom stereocenters. The largest absolute Gasteiger partial charge is 0.357 e. The van der Waals surface area contributed by atoms with Gasteiger partial charge < -0.3 is 10.6 Å². The Morgan fingerprint density at radius 1 is 0.931 bits per heavy atom. The third-order valence-corrected chi connectivity index (χ3v) is 4.75. The van der Waals surface area contributed by atoms with Gasteiger partial charge in [-0.05, 0) is 31.9 Å². The fraction of sp³-hybridized carbons (Fsp3) is 0.304. The van der Waals surface area contributed by atoms with E-state index in [4.69, 9.17) is 10.1 Å². The number of halogens is 1. The van der Waals surface area contributed by atoms with Gasteiger partial charge in [-0.25, -0.2) is 4.99 Å². The van der Waals surface area contributed by atoms with E-state index >= 15 is 0 Å². The minimum Gasteiger partial charge on any atom is -0.357 e. The zero-order valence-corrected chi connectivity index (χ0v) is 19.7. The quantitative estimate of drug-likeness (QED) is 0.285. The molecule has 0 saturated carbocycles. The molecule has 29 heavy (non-hydrogen) atoms. The van der Waals surface area contributed by atoms with Crippen molar-refractivity contribution in [2.45, 2.75) is 40.4 Å². The van der Waals surface area contributed by atoms with E-state index < -0.39 is 0 Å². The number of hydrogen-bond donors (Lipinski definition) is 2. The summed E-state index contributed by atoms with van der Waals surface area (Å²) in [6, 6.07) is 20.7. The van der Waals surface area contributed by atoms with Crippen LogP contribution in [0.2, 0.25) is 0 Å². The van der Waals surface area contributed by atoms with Crippen LogP contribution in [0.1, 0.15) is 35.0 Å². The molecule has 6 heteroatoms. The lowest BCUT2D eigenvalue weighted by atomic mass is 10.2. The van der Waals surface area contributed by atoms with Gasteiger partial charge in [0.2, 0.25) is 0 Å². The molecule has 3 rings (SSSR count). The molecule has 0 aliphatic carbocycles. The molecular formula is C23H30IN5. The van der Waals surface area contributed by atoms with Crippen molar-refractivity contribution in [1.82, 2.24) is 20.4 Å². The van der Waals surface area contributed by atoms with E-state index in [1.807, 2.05) is 24.3 Å². The summed E-state index contributed by atoms with van der Waals surface area (Å²) in [5.74, 6) is 0.820. The minimum absolute atomic E-state index is 0. The van der Waals surface area contributed by atoms with Gasteiger partial charge in [-0.1, -0.05) is 60.7 Å². The van der Waals surface area contributed by atoms with E-state index in [9.17, 15) is 0 Å². The topological polar surface area (TPSA) is 54.2 Å². The molecule has 1 aromatic heterocycles.